The summed E-state index contributed by atoms with van der Waals surface area (Å²) >= 11 is 1.41. The van der Waals surface area contributed by atoms with Gasteiger partial charge in [-0.25, -0.2) is 15.0 Å². The van der Waals surface area contributed by atoms with E-state index in [1.165, 1.54) is 11.3 Å². The number of pyridine rings is 1. The second-order valence-electron chi connectivity index (χ2n) is 9.63. The second kappa shape index (κ2) is 12.5. The summed E-state index contributed by atoms with van der Waals surface area (Å²) in [7, 11) is 1.82. The van der Waals surface area contributed by atoms with E-state index in [0.717, 1.165) is 5.56 Å². The third kappa shape index (κ3) is 6.19. The molecule has 2 aromatic carbocycles. The summed E-state index contributed by atoms with van der Waals surface area (Å²) in [6.45, 7) is 6.98. The molecule has 0 aliphatic carbocycles. The summed E-state index contributed by atoms with van der Waals surface area (Å²) in [5, 5.41) is 10.1. The fraction of sp³-hybridized carbons (Fsp3) is 0.125. The zero-order chi connectivity index (χ0) is 30.5. The van der Waals surface area contributed by atoms with Gasteiger partial charge in [0.25, 0.3) is 11.5 Å². The Bertz CT molecular complexity index is 2010. The molecule has 43 heavy (non-hydrogen) atoms. The average molecular weight is 589 g/mol. The maximum absolute atomic E-state index is 14.2. The highest BCUT2D eigenvalue weighted by Crippen LogP contribution is 2.24. The minimum atomic E-state index is -0.641. The maximum atomic E-state index is 14.2. The van der Waals surface area contributed by atoms with Crippen LogP contribution in [0.1, 0.15) is 42.4 Å². The topological polar surface area (TPSA) is 133 Å². The molecule has 3 aromatic heterocycles. The highest BCUT2D eigenvalue weighted by molar-refractivity contribution is 7.07. The molecule has 3 heterocycles. The minimum absolute atomic E-state index is 0.102. The number of nitrogens with zero attached hydrogens (tertiary/aromatic N) is 6. The van der Waals surface area contributed by atoms with Crippen LogP contribution in [0, 0.1) is 11.8 Å². The summed E-state index contributed by atoms with van der Waals surface area (Å²) in [6, 6.07) is 16.0. The Balaban J connectivity index is 1.60. The van der Waals surface area contributed by atoms with Crippen molar-refractivity contribution in [3.8, 4) is 17.5 Å². The van der Waals surface area contributed by atoms with Gasteiger partial charge in [-0.05, 0) is 50.2 Å². The fourth-order valence-corrected chi connectivity index (χ4v) is 5.12. The number of hydrogen-bond acceptors (Lipinski definition) is 8. The van der Waals surface area contributed by atoms with Crippen LogP contribution in [-0.4, -0.2) is 37.7 Å². The number of benzene rings is 2. The molecule has 1 atom stereocenters. The molecular formula is C32H28N8O2S. The third-order valence-electron chi connectivity index (χ3n) is 6.64. The van der Waals surface area contributed by atoms with Crippen LogP contribution in [-0.2, 0) is 11.8 Å². The van der Waals surface area contributed by atoms with Crippen LogP contribution in [0.2, 0.25) is 0 Å². The smallest absolute Gasteiger partial charge is 0.274 e. The number of aliphatic imine (C=N–C) groups is 2. The number of amides is 1. The Morgan fingerprint density at radius 2 is 1.95 bits per heavy atom. The molecule has 5 rings (SSSR count). The van der Waals surface area contributed by atoms with Crippen molar-refractivity contribution in [2.24, 2.45) is 22.8 Å². The molecule has 0 fully saturated rings. The number of thiazole rings is 1. The van der Waals surface area contributed by atoms with E-state index in [-0.39, 0.29) is 17.1 Å². The van der Waals surface area contributed by atoms with E-state index in [9.17, 15) is 9.59 Å². The van der Waals surface area contributed by atoms with Crippen LogP contribution in [0.5, 0.6) is 0 Å². The Morgan fingerprint density at radius 1 is 1.16 bits per heavy atom. The van der Waals surface area contributed by atoms with E-state index in [4.69, 9.17) is 5.73 Å². The first kappa shape index (κ1) is 28.9. The molecule has 0 radical (unpaired) electrons. The van der Waals surface area contributed by atoms with Crippen LogP contribution in [0.15, 0.2) is 104 Å². The van der Waals surface area contributed by atoms with Gasteiger partial charge in [0.1, 0.15) is 0 Å². The van der Waals surface area contributed by atoms with Gasteiger partial charge in [0.15, 0.2) is 11.5 Å². The van der Waals surface area contributed by atoms with Crippen molar-refractivity contribution in [2.45, 2.75) is 19.9 Å². The number of rotatable bonds is 7. The predicted octanol–water partition coefficient (Wildman–Crippen LogP) is 4.10. The minimum Gasteiger partial charge on any atom is -0.382 e. The van der Waals surface area contributed by atoms with E-state index in [1.807, 2.05) is 73.2 Å². The first-order chi connectivity index (χ1) is 20.8. The van der Waals surface area contributed by atoms with E-state index < -0.39 is 11.9 Å². The van der Waals surface area contributed by atoms with Gasteiger partial charge in [-0.1, -0.05) is 42.2 Å². The maximum Gasteiger partial charge on any atom is 0.274 e. The molecule has 0 bridgehead atoms. The van der Waals surface area contributed by atoms with Crippen molar-refractivity contribution in [1.82, 2.24) is 24.6 Å². The van der Waals surface area contributed by atoms with Crippen molar-refractivity contribution in [3.05, 3.63) is 122 Å². The van der Waals surface area contributed by atoms with Gasteiger partial charge in [0.2, 0.25) is 0 Å². The summed E-state index contributed by atoms with van der Waals surface area (Å²) in [6.07, 6.45) is 3.48. The first-order valence-electron chi connectivity index (χ1n) is 13.2. The number of hydrogen-bond donors (Lipinski definition) is 2. The molecule has 0 aliphatic heterocycles. The zero-order valence-corrected chi connectivity index (χ0v) is 24.6. The molecule has 1 amide bonds. The first-order valence-corrected chi connectivity index (χ1v) is 14.2. The summed E-state index contributed by atoms with van der Waals surface area (Å²) in [5.74, 6) is 5.53. The molecule has 0 saturated heterocycles. The van der Waals surface area contributed by atoms with E-state index in [0.29, 0.717) is 39.1 Å². The molecule has 0 aliphatic rings. The van der Waals surface area contributed by atoms with Crippen molar-refractivity contribution >= 4 is 40.4 Å². The quantitative estimate of drug-likeness (QED) is 0.168. The molecule has 214 valence electrons. The molecular weight excluding hydrogens is 560 g/mol. The third-order valence-corrected chi connectivity index (χ3v) is 7.22. The highest BCUT2D eigenvalue weighted by atomic mass is 32.1. The Kier molecular flexibility index (Phi) is 8.41. The van der Waals surface area contributed by atoms with Crippen LogP contribution < -0.4 is 16.6 Å². The van der Waals surface area contributed by atoms with Crippen molar-refractivity contribution in [2.75, 3.05) is 0 Å². The van der Waals surface area contributed by atoms with E-state index >= 15 is 0 Å². The number of carbonyl (C=O) groups is 1. The monoisotopic (exact) mass is 588 g/mol. The Morgan fingerprint density at radius 3 is 2.63 bits per heavy atom. The lowest BCUT2D eigenvalue weighted by molar-refractivity contribution is -0.118. The lowest BCUT2D eigenvalue weighted by atomic mass is 10.0. The van der Waals surface area contributed by atoms with Crippen LogP contribution in [0.4, 0.5) is 0 Å². The highest BCUT2D eigenvalue weighted by Gasteiger charge is 2.22. The van der Waals surface area contributed by atoms with Gasteiger partial charge in [0.05, 0.1) is 40.1 Å². The van der Waals surface area contributed by atoms with Crippen molar-refractivity contribution < 1.29 is 4.79 Å². The van der Waals surface area contributed by atoms with Gasteiger partial charge in [-0.2, -0.15) is 5.10 Å². The molecule has 10 nitrogen and oxygen atoms in total. The van der Waals surface area contributed by atoms with Crippen molar-refractivity contribution in [3.63, 3.8) is 0 Å². The summed E-state index contributed by atoms with van der Waals surface area (Å²) < 4.78 is 3.26. The van der Waals surface area contributed by atoms with E-state index in [1.54, 1.807) is 34.8 Å². The fourth-order valence-electron chi connectivity index (χ4n) is 4.53. The summed E-state index contributed by atoms with van der Waals surface area (Å²) in [5.41, 5.74) is 11.0. The molecule has 0 spiro atoms. The van der Waals surface area contributed by atoms with Gasteiger partial charge >= 0.3 is 0 Å². The number of aryl methyl sites for hydroxylation is 1. The standard InChI is InChI=1S/C32H28N8O2S/c1-20(26-18-43-19-35-26)37-29(30(33)34-3)31(41)38-21(2)27-15-24-10-8-9-23(14-13-22-16-36-39(4)17-22)28(24)32(42)40(27)25-11-6-5-7-12-25/h5-12,15-19,21H,3,33H2,1-2,4H3,(H,38,41)/b30-29-,37-20+. The number of nitrogens with one attached hydrogen (secondary N) is 1. The lowest BCUT2D eigenvalue weighted by Gasteiger charge is -2.21. The van der Waals surface area contributed by atoms with Gasteiger partial charge in [-0.15, -0.1) is 11.3 Å². The molecule has 1 unspecified atom stereocenters. The Labute approximate surface area is 252 Å². The summed E-state index contributed by atoms with van der Waals surface area (Å²) in [4.78, 5) is 40.2. The second-order valence-corrected chi connectivity index (χ2v) is 10.3. The number of para-hydroxylation sites is 1. The van der Waals surface area contributed by atoms with Crippen molar-refractivity contribution in [1.29, 1.82) is 0 Å². The zero-order valence-electron chi connectivity index (χ0n) is 23.8. The van der Waals surface area contributed by atoms with Gasteiger partial charge in [-0.3, -0.25) is 18.8 Å². The SMILES string of the molecule is C=N/C(N)=C(\N=C(/C)c1cscn1)C(=O)NC(C)c1cc2cccc(C#Cc3cnn(C)c3)c2c(=O)n1-c1ccccc1. The van der Waals surface area contributed by atoms with Crippen LogP contribution >= 0.6 is 11.3 Å². The average Bonchev–Trinajstić information content (AvgIpc) is 3.70. The number of carbonyl (C=O) groups excluding carboxylic acids is 1. The molecule has 3 N–H and O–H groups in total. The van der Waals surface area contributed by atoms with Crippen LogP contribution in [0.25, 0.3) is 16.5 Å². The van der Waals surface area contributed by atoms with E-state index in [2.05, 4.69) is 43.9 Å². The Hall–Kier alpha value is -5.60. The van der Waals surface area contributed by atoms with Gasteiger partial charge < -0.3 is 11.1 Å². The number of nitrogens with two attached hydrogens (primary N) is 1. The molecule has 5 aromatic rings. The normalized spacial score (nSPS) is 12.7. The molecule has 11 heteroatoms. The van der Waals surface area contributed by atoms with Crippen LogP contribution in [0.3, 0.4) is 0 Å². The largest absolute Gasteiger partial charge is 0.382 e. The van der Waals surface area contributed by atoms with Gasteiger partial charge in [0, 0.05) is 35.6 Å². The number of aromatic nitrogens is 4. The number of fused-ring (bicyclic) bond motifs is 1. The molecule has 0 saturated carbocycles. The predicted molar refractivity (Wildman–Crippen MR) is 170 cm³/mol. The lowest BCUT2D eigenvalue weighted by Crippen LogP contribution is -2.33.